The fourth-order valence-electron chi connectivity index (χ4n) is 4.26. The topological polar surface area (TPSA) is 60.2 Å². The maximum Gasteiger partial charge on any atom is 0.228 e. The lowest BCUT2D eigenvalue weighted by Gasteiger charge is -2.39. The fourth-order valence-corrected chi connectivity index (χ4v) is 4.26. The Balaban J connectivity index is 1.61. The van der Waals surface area contributed by atoms with Gasteiger partial charge in [0.1, 0.15) is 12.2 Å². The zero-order chi connectivity index (χ0) is 18.0. The van der Waals surface area contributed by atoms with E-state index in [0.29, 0.717) is 23.8 Å². The average molecular weight is 348 g/mol. The van der Waals surface area contributed by atoms with Gasteiger partial charge in [-0.2, -0.15) is 0 Å². The summed E-state index contributed by atoms with van der Waals surface area (Å²) in [6, 6.07) is 0.371. The number of hydrogen-bond acceptors (Lipinski definition) is 4. The van der Waals surface area contributed by atoms with Gasteiger partial charge in [-0.25, -0.2) is 0 Å². The van der Waals surface area contributed by atoms with Crippen LogP contribution in [0.1, 0.15) is 71.2 Å². The summed E-state index contributed by atoms with van der Waals surface area (Å²) in [6.45, 7) is 11.0. The quantitative estimate of drug-likeness (QED) is 0.839. The molecule has 6 heteroatoms. The second-order valence-corrected chi connectivity index (χ2v) is 8.12. The van der Waals surface area contributed by atoms with Crippen LogP contribution in [0, 0.1) is 11.8 Å². The van der Waals surface area contributed by atoms with E-state index < -0.39 is 0 Å². The van der Waals surface area contributed by atoms with Gasteiger partial charge in [-0.3, -0.25) is 4.79 Å². The van der Waals surface area contributed by atoms with Gasteiger partial charge in [0.2, 0.25) is 5.91 Å². The number of ether oxygens (including phenoxy) is 1. The normalized spacial score (nSPS) is 25.8. The SMILES string of the molecule is CC(C)C1OCCCC1C(=O)N1CCC(c2nncn2C(C)C)CC1. The second-order valence-electron chi connectivity index (χ2n) is 8.12. The Morgan fingerprint density at radius 1 is 1.20 bits per heavy atom. The van der Waals surface area contributed by atoms with Crippen LogP contribution >= 0.6 is 0 Å². The molecule has 0 radical (unpaired) electrons. The summed E-state index contributed by atoms with van der Waals surface area (Å²) in [5.41, 5.74) is 0. The zero-order valence-corrected chi connectivity index (χ0v) is 16.0. The molecule has 2 fully saturated rings. The van der Waals surface area contributed by atoms with E-state index in [9.17, 15) is 4.79 Å². The van der Waals surface area contributed by atoms with Crippen LogP contribution in [-0.4, -0.2) is 51.4 Å². The van der Waals surface area contributed by atoms with Crippen molar-refractivity contribution in [3.8, 4) is 0 Å². The van der Waals surface area contributed by atoms with Crippen molar-refractivity contribution < 1.29 is 9.53 Å². The Labute approximate surface area is 150 Å². The zero-order valence-electron chi connectivity index (χ0n) is 16.0. The van der Waals surface area contributed by atoms with Gasteiger partial charge in [0.25, 0.3) is 0 Å². The number of carbonyl (C=O) groups excluding carboxylic acids is 1. The van der Waals surface area contributed by atoms with Crippen LogP contribution in [0.4, 0.5) is 0 Å². The predicted molar refractivity (Wildman–Crippen MR) is 96.3 cm³/mol. The third kappa shape index (κ3) is 3.89. The number of piperidine rings is 1. The maximum absolute atomic E-state index is 13.0. The molecule has 2 aliphatic rings. The lowest BCUT2D eigenvalue weighted by atomic mass is 9.85. The number of nitrogens with zero attached hydrogens (tertiary/aromatic N) is 4. The van der Waals surface area contributed by atoms with E-state index >= 15 is 0 Å². The van der Waals surface area contributed by atoms with Gasteiger partial charge in [-0.15, -0.1) is 10.2 Å². The summed E-state index contributed by atoms with van der Waals surface area (Å²) in [6.07, 6.45) is 5.79. The number of hydrogen-bond donors (Lipinski definition) is 0. The van der Waals surface area contributed by atoms with Crippen molar-refractivity contribution in [1.29, 1.82) is 0 Å². The van der Waals surface area contributed by atoms with Crippen LogP contribution in [0.25, 0.3) is 0 Å². The molecule has 0 bridgehead atoms. The molecule has 0 aliphatic carbocycles. The number of carbonyl (C=O) groups is 1. The van der Waals surface area contributed by atoms with Crippen LogP contribution in [0.15, 0.2) is 6.33 Å². The van der Waals surface area contributed by atoms with Gasteiger partial charge in [-0.05, 0) is 45.4 Å². The van der Waals surface area contributed by atoms with Crippen LogP contribution in [-0.2, 0) is 9.53 Å². The maximum atomic E-state index is 13.0. The van der Waals surface area contributed by atoms with Gasteiger partial charge in [0, 0.05) is 31.7 Å². The van der Waals surface area contributed by atoms with Crippen molar-refractivity contribution in [3.63, 3.8) is 0 Å². The highest BCUT2D eigenvalue weighted by Gasteiger charge is 2.37. The molecule has 2 saturated heterocycles. The third-order valence-corrected chi connectivity index (χ3v) is 5.67. The first-order chi connectivity index (χ1) is 12.0. The summed E-state index contributed by atoms with van der Waals surface area (Å²) in [5, 5.41) is 8.44. The largest absolute Gasteiger partial charge is 0.377 e. The van der Waals surface area contributed by atoms with Crippen LogP contribution in [0.5, 0.6) is 0 Å². The van der Waals surface area contributed by atoms with E-state index in [1.165, 1.54) is 0 Å². The predicted octanol–water partition coefficient (Wildman–Crippen LogP) is 3.02. The Kier molecular flexibility index (Phi) is 5.77. The lowest BCUT2D eigenvalue weighted by Crippen LogP contribution is -2.48. The molecule has 1 aromatic heterocycles. The summed E-state index contributed by atoms with van der Waals surface area (Å²) < 4.78 is 8.08. The van der Waals surface area contributed by atoms with Crippen molar-refractivity contribution in [1.82, 2.24) is 19.7 Å². The third-order valence-electron chi connectivity index (χ3n) is 5.67. The average Bonchev–Trinajstić information content (AvgIpc) is 3.11. The highest BCUT2D eigenvalue weighted by Crippen LogP contribution is 2.32. The molecule has 2 atom stereocenters. The fraction of sp³-hybridized carbons (Fsp3) is 0.842. The number of likely N-dealkylation sites (tertiary alicyclic amines) is 1. The van der Waals surface area contributed by atoms with Crippen LogP contribution in [0.2, 0.25) is 0 Å². The molecule has 2 unspecified atom stereocenters. The standard InChI is InChI=1S/C19H32N4O2/c1-13(2)17-16(6-5-11-25-17)19(24)22-9-7-15(8-10-22)18-21-20-12-23(18)14(3)4/h12-17H,5-11H2,1-4H3. The minimum absolute atomic E-state index is 0.0321. The molecule has 3 rings (SSSR count). The van der Waals surface area contributed by atoms with E-state index in [4.69, 9.17) is 4.74 Å². The lowest BCUT2D eigenvalue weighted by molar-refractivity contribution is -0.148. The Hall–Kier alpha value is -1.43. The first-order valence-electron chi connectivity index (χ1n) is 9.78. The summed E-state index contributed by atoms with van der Waals surface area (Å²) >= 11 is 0. The van der Waals surface area contributed by atoms with Crippen LogP contribution < -0.4 is 0 Å². The molecule has 1 aromatic rings. The number of amides is 1. The van der Waals surface area contributed by atoms with Crippen molar-refractivity contribution in [3.05, 3.63) is 12.2 Å². The Morgan fingerprint density at radius 3 is 2.56 bits per heavy atom. The van der Waals surface area contributed by atoms with Gasteiger partial charge in [-0.1, -0.05) is 13.8 Å². The summed E-state index contributed by atoms with van der Waals surface area (Å²) in [7, 11) is 0. The molecule has 25 heavy (non-hydrogen) atoms. The molecular formula is C19H32N4O2. The van der Waals surface area contributed by atoms with Crippen molar-refractivity contribution >= 4 is 5.91 Å². The number of rotatable bonds is 4. The minimum atomic E-state index is 0.0321. The minimum Gasteiger partial charge on any atom is -0.377 e. The smallest absolute Gasteiger partial charge is 0.228 e. The second kappa shape index (κ2) is 7.85. The van der Waals surface area contributed by atoms with Gasteiger partial charge in [0.05, 0.1) is 12.0 Å². The van der Waals surface area contributed by atoms with Crippen molar-refractivity contribution in [2.45, 2.75) is 71.4 Å². The molecule has 0 saturated carbocycles. The van der Waals surface area contributed by atoms with Crippen molar-refractivity contribution in [2.24, 2.45) is 11.8 Å². The number of aromatic nitrogens is 3. The van der Waals surface area contributed by atoms with Gasteiger partial charge < -0.3 is 14.2 Å². The summed E-state index contributed by atoms with van der Waals surface area (Å²) in [5.74, 6) is 2.18. The molecule has 0 N–H and O–H groups in total. The molecular weight excluding hydrogens is 316 g/mol. The van der Waals surface area contributed by atoms with Gasteiger partial charge in [0.15, 0.2) is 0 Å². The summed E-state index contributed by atoms with van der Waals surface area (Å²) in [4.78, 5) is 15.1. The molecule has 0 spiro atoms. The molecule has 140 valence electrons. The molecule has 6 nitrogen and oxygen atoms in total. The molecule has 1 amide bonds. The molecule has 0 aromatic carbocycles. The first-order valence-corrected chi connectivity index (χ1v) is 9.78. The van der Waals surface area contributed by atoms with E-state index in [0.717, 1.165) is 51.2 Å². The van der Waals surface area contributed by atoms with E-state index in [-0.39, 0.29) is 12.0 Å². The monoisotopic (exact) mass is 348 g/mol. The Morgan fingerprint density at radius 2 is 1.92 bits per heavy atom. The van der Waals surface area contributed by atoms with E-state index in [1.807, 2.05) is 6.33 Å². The highest BCUT2D eigenvalue weighted by molar-refractivity contribution is 5.79. The van der Waals surface area contributed by atoms with Crippen LogP contribution in [0.3, 0.4) is 0 Å². The van der Waals surface area contributed by atoms with E-state index in [1.54, 1.807) is 0 Å². The van der Waals surface area contributed by atoms with Crippen molar-refractivity contribution in [2.75, 3.05) is 19.7 Å². The first kappa shape index (κ1) is 18.4. The molecule has 3 heterocycles. The van der Waals surface area contributed by atoms with E-state index in [2.05, 4.69) is 47.4 Å². The van der Waals surface area contributed by atoms with Gasteiger partial charge >= 0.3 is 0 Å². The highest BCUT2D eigenvalue weighted by atomic mass is 16.5. The molecule has 2 aliphatic heterocycles. The Bertz CT molecular complexity index is 576.